The quantitative estimate of drug-likeness (QED) is 0.545. The molecule has 1 unspecified atom stereocenters. The summed E-state index contributed by atoms with van der Waals surface area (Å²) in [6.45, 7) is 4.73. The molecule has 0 radical (unpaired) electrons. The number of hydrogen-bond donors (Lipinski definition) is 0. The first-order chi connectivity index (χ1) is 5.81. The summed E-state index contributed by atoms with van der Waals surface area (Å²) in [5.41, 5.74) is 1.79. The van der Waals surface area contributed by atoms with Crippen molar-refractivity contribution in [2.75, 3.05) is 0 Å². The van der Waals surface area contributed by atoms with Crippen molar-refractivity contribution in [2.24, 2.45) is 17.8 Å². The van der Waals surface area contributed by atoms with E-state index in [9.17, 15) is 0 Å². The van der Waals surface area contributed by atoms with Crippen LogP contribution in [0.5, 0.6) is 0 Å². The number of rotatable bonds is 2. The highest BCUT2D eigenvalue weighted by atomic mass is 14.4. The van der Waals surface area contributed by atoms with Gasteiger partial charge in [-0.15, -0.1) is 0 Å². The summed E-state index contributed by atoms with van der Waals surface area (Å²) in [6, 6.07) is 0. The molecule has 68 valence electrons. The van der Waals surface area contributed by atoms with E-state index in [1.54, 1.807) is 5.57 Å². The van der Waals surface area contributed by atoms with E-state index in [-0.39, 0.29) is 0 Å². The molecule has 0 heterocycles. The number of fused-ring (bicyclic) bond motifs is 2. The third-order valence-electron chi connectivity index (χ3n) is 3.79. The monoisotopic (exact) mass is 164 g/mol. The molecular formula is C12H20. The first-order valence-electron chi connectivity index (χ1n) is 5.50. The second-order valence-corrected chi connectivity index (χ2v) is 4.67. The Morgan fingerprint density at radius 2 is 2.25 bits per heavy atom. The van der Waals surface area contributed by atoms with Gasteiger partial charge in [0.1, 0.15) is 0 Å². The Bertz CT molecular complexity index is 188. The first-order valence-corrected chi connectivity index (χ1v) is 5.50. The number of allylic oxidation sites excluding steroid dienone is 2. The zero-order valence-corrected chi connectivity index (χ0v) is 8.34. The molecule has 0 spiro atoms. The van der Waals surface area contributed by atoms with Crippen LogP contribution in [0.3, 0.4) is 0 Å². The fraction of sp³-hybridized carbons (Fsp3) is 0.833. The van der Waals surface area contributed by atoms with E-state index >= 15 is 0 Å². The predicted octanol–water partition coefficient (Wildman–Crippen LogP) is 3.78. The van der Waals surface area contributed by atoms with Crippen LogP contribution in [0.2, 0.25) is 0 Å². The summed E-state index contributed by atoms with van der Waals surface area (Å²) in [5.74, 6) is 3.02. The van der Waals surface area contributed by atoms with Crippen LogP contribution in [0.25, 0.3) is 0 Å². The van der Waals surface area contributed by atoms with E-state index in [2.05, 4.69) is 19.9 Å². The van der Waals surface area contributed by atoms with Gasteiger partial charge in [-0.05, 0) is 43.4 Å². The maximum atomic E-state index is 2.55. The molecule has 0 amide bonds. The normalized spacial score (nSPS) is 39.8. The van der Waals surface area contributed by atoms with E-state index in [4.69, 9.17) is 0 Å². The lowest BCUT2D eigenvalue weighted by molar-refractivity contribution is 0.417. The Kier molecular flexibility index (Phi) is 2.25. The summed E-state index contributed by atoms with van der Waals surface area (Å²) in [7, 11) is 0. The van der Waals surface area contributed by atoms with Crippen LogP contribution in [-0.2, 0) is 0 Å². The molecular weight excluding hydrogens is 144 g/mol. The summed E-state index contributed by atoms with van der Waals surface area (Å²) < 4.78 is 0. The second-order valence-electron chi connectivity index (χ2n) is 4.67. The predicted molar refractivity (Wildman–Crippen MR) is 53.0 cm³/mol. The van der Waals surface area contributed by atoms with Gasteiger partial charge < -0.3 is 0 Å². The third-order valence-corrected chi connectivity index (χ3v) is 3.79. The summed E-state index contributed by atoms with van der Waals surface area (Å²) in [5, 5.41) is 0. The van der Waals surface area contributed by atoms with E-state index in [1.807, 2.05) is 0 Å². The molecule has 1 saturated carbocycles. The van der Waals surface area contributed by atoms with E-state index in [0.29, 0.717) is 0 Å². The van der Waals surface area contributed by atoms with Gasteiger partial charge in [0.25, 0.3) is 0 Å². The van der Waals surface area contributed by atoms with Crippen LogP contribution in [0.15, 0.2) is 11.6 Å². The Hall–Kier alpha value is -0.260. The second kappa shape index (κ2) is 3.24. The van der Waals surface area contributed by atoms with Crippen molar-refractivity contribution in [1.29, 1.82) is 0 Å². The molecule has 0 N–H and O–H groups in total. The molecule has 12 heavy (non-hydrogen) atoms. The van der Waals surface area contributed by atoms with Gasteiger partial charge >= 0.3 is 0 Å². The molecule has 0 aromatic rings. The van der Waals surface area contributed by atoms with Crippen LogP contribution in [0.1, 0.15) is 46.0 Å². The highest BCUT2D eigenvalue weighted by Gasteiger charge is 2.34. The van der Waals surface area contributed by atoms with Crippen LogP contribution in [0, 0.1) is 17.8 Å². The fourth-order valence-corrected chi connectivity index (χ4v) is 3.03. The minimum atomic E-state index is 0.985. The molecule has 0 aromatic heterocycles. The average Bonchev–Trinajstić information content (AvgIpc) is 2.35. The highest BCUT2D eigenvalue weighted by Crippen LogP contribution is 2.46. The van der Waals surface area contributed by atoms with Crippen molar-refractivity contribution in [3.05, 3.63) is 11.6 Å². The molecule has 2 rings (SSSR count). The maximum Gasteiger partial charge on any atom is -0.0198 e. The molecule has 0 aliphatic heterocycles. The van der Waals surface area contributed by atoms with Crippen molar-refractivity contribution in [1.82, 2.24) is 0 Å². The van der Waals surface area contributed by atoms with E-state index in [1.165, 1.54) is 32.1 Å². The zero-order chi connectivity index (χ0) is 8.55. The van der Waals surface area contributed by atoms with Gasteiger partial charge in [0.05, 0.1) is 0 Å². The van der Waals surface area contributed by atoms with Gasteiger partial charge in [0, 0.05) is 0 Å². The molecule has 2 bridgehead atoms. The van der Waals surface area contributed by atoms with Gasteiger partial charge in [-0.25, -0.2) is 0 Å². The topological polar surface area (TPSA) is 0 Å². The van der Waals surface area contributed by atoms with Crippen LogP contribution >= 0.6 is 0 Å². The standard InChI is InChI=1S/C12H20/c1-3-4-10-5-6-11-8-12(10)7-9(11)2/h5,9,11-12H,3-4,6-8H2,1-2H3/t9?,11-,12-/m0/s1. The molecule has 2 aliphatic carbocycles. The van der Waals surface area contributed by atoms with Crippen molar-refractivity contribution in [3.8, 4) is 0 Å². The zero-order valence-electron chi connectivity index (χ0n) is 8.34. The minimum absolute atomic E-state index is 0.985. The lowest BCUT2D eigenvalue weighted by Gasteiger charge is -2.20. The van der Waals surface area contributed by atoms with Gasteiger partial charge in [-0.2, -0.15) is 0 Å². The van der Waals surface area contributed by atoms with Crippen LogP contribution in [0.4, 0.5) is 0 Å². The first kappa shape index (κ1) is 8.34. The number of hydrogen-bond acceptors (Lipinski definition) is 0. The van der Waals surface area contributed by atoms with Crippen molar-refractivity contribution in [3.63, 3.8) is 0 Å². The SMILES string of the molecule is CCCC1=CC[C@H]2C[C@@H]1CC2C. The highest BCUT2D eigenvalue weighted by molar-refractivity contribution is 5.15. The fourth-order valence-electron chi connectivity index (χ4n) is 3.03. The summed E-state index contributed by atoms with van der Waals surface area (Å²) >= 11 is 0. The van der Waals surface area contributed by atoms with E-state index in [0.717, 1.165) is 17.8 Å². The Balaban J connectivity index is 2.05. The minimum Gasteiger partial charge on any atom is -0.0848 e. The van der Waals surface area contributed by atoms with Crippen molar-refractivity contribution in [2.45, 2.75) is 46.0 Å². The third kappa shape index (κ3) is 1.32. The lowest BCUT2D eigenvalue weighted by atomic mass is 9.86. The molecule has 1 fully saturated rings. The van der Waals surface area contributed by atoms with Crippen molar-refractivity contribution < 1.29 is 0 Å². The van der Waals surface area contributed by atoms with Gasteiger partial charge in [-0.1, -0.05) is 31.9 Å². The molecule has 0 saturated heterocycles. The van der Waals surface area contributed by atoms with Gasteiger partial charge in [0.15, 0.2) is 0 Å². The van der Waals surface area contributed by atoms with Crippen molar-refractivity contribution >= 4 is 0 Å². The Morgan fingerprint density at radius 1 is 1.42 bits per heavy atom. The Morgan fingerprint density at radius 3 is 3.00 bits per heavy atom. The van der Waals surface area contributed by atoms with Gasteiger partial charge in [0.2, 0.25) is 0 Å². The summed E-state index contributed by atoms with van der Waals surface area (Å²) in [6.07, 6.45) is 9.62. The van der Waals surface area contributed by atoms with Crippen LogP contribution < -0.4 is 0 Å². The lowest BCUT2D eigenvalue weighted by Crippen LogP contribution is -2.07. The smallest absolute Gasteiger partial charge is 0.0198 e. The molecule has 0 nitrogen and oxygen atoms in total. The Labute approximate surface area is 76.1 Å². The van der Waals surface area contributed by atoms with Crippen LogP contribution in [-0.4, -0.2) is 0 Å². The molecule has 0 aromatic carbocycles. The van der Waals surface area contributed by atoms with Gasteiger partial charge in [-0.3, -0.25) is 0 Å². The van der Waals surface area contributed by atoms with E-state index < -0.39 is 0 Å². The maximum absolute atomic E-state index is 2.55. The molecule has 3 atom stereocenters. The largest absolute Gasteiger partial charge is 0.0848 e. The summed E-state index contributed by atoms with van der Waals surface area (Å²) in [4.78, 5) is 0. The average molecular weight is 164 g/mol. The molecule has 0 heteroatoms. The molecule has 2 aliphatic rings.